The number of methoxy groups -OCH3 is 1. The standard InChI is InChI=1S/C18H24ClNO3/c1-13-7-8-14(15(19)11-13)12-16(21)20-18(17(22)23-2)9-5-3-4-6-10-18/h7-8,11H,3-6,9-10,12H2,1-2H3,(H,20,21). The fraction of sp³-hybridized carbons (Fsp3) is 0.556. The average Bonchev–Trinajstić information content (AvgIpc) is 2.75. The highest BCUT2D eigenvalue weighted by atomic mass is 35.5. The Labute approximate surface area is 142 Å². The number of aryl methyl sites for hydroxylation is 1. The van der Waals surface area contributed by atoms with Gasteiger partial charge >= 0.3 is 5.97 Å². The number of amides is 1. The summed E-state index contributed by atoms with van der Waals surface area (Å²) in [4.78, 5) is 24.8. The lowest BCUT2D eigenvalue weighted by atomic mass is 9.89. The molecule has 0 spiro atoms. The molecule has 23 heavy (non-hydrogen) atoms. The Kier molecular flexibility index (Phi) is 6.05. The summed E-state index contributed by atoms with van der Waals surface area (Å²) in [5.74, 6) is -0.536. The van der Waals surface area contributed by atoms with Crippen molar-refractivity contribution in [2.45, 2.75) is 57.4 Å². The molecule has 0 atom stereocenters. The van der Waals surface area contributed by atoms with Crippen molar-refractivity contribution in [2.24, 2.45) is 0 Å². The first-order valence-electron chi connectivity index (χ1n) is 8.11. The maximum Gasteiger partial charge on any atom is 0.331 e. The number of esters is 1. The highest BCUT2D eigenvalue weighted by Gasteiger charge is 2.41. The average molecular weight is 338 g/mol. The molecule has 0 aromatic heterocycles. The highest BCUT2D eigenvalue weighted by Crippen LogP contribution is 2.29. The number of rotatable bonds is 4. The van der Waals surface area contributed by atoms with E-state index in [1.165, 1.54) is 7.11 Å². The van der Waals surface area contributed by atoms with Crippen molar-refractivity contribution in [3.63, 3.8) is 0 Å². The molecule has 1 fully saturated rings. The van der Waals surface area contributed by atoms with Gasteiger partial charge in [0, 0.05) is 5.02 Å². The third-order valence-corrected chi connectivity index (χ3v) is 4.82. The summed E-state index contributed by atoms with van der Waals surface area (Å²) in [6, 6.07) is 5.62. The molecule has 0 heterocycles. The Balaban J connectivity index is 2.12. The number of benzene rings is 1. The molecule has 1 saturated carbocycles. The van der Waals surface area contributed by atoms with Crippen LogP contribution >= 0.6 is 11.6 Å². The van der Waals surface area contributed by atoms with Crippen LogP contribution in [0.4, 0.5) is 0 Å². The van der Waals surface area contributed by atoms with Gasteiger partial charge in [0.1, 0.15) is 5.54 Å². The van der Waals surface area contributed by atoms with E-state index in [1.807, 2.05) is 25.1 Å². The zero-order valence-electron chi connectivity index (χ0n) is 13.8. The molecule has 1 aromatic rings. The van der Waals surface area contributed by atoms with Crippen molar-refractivity contribution in [3.8, 4) is 0 Å². The molecule has 126 valence electrons. The van der Waals surface area contributed by atoms with Crippen LogP contribution in [0.1, 0.15) is 49.7 Å². The number of hydrogen-bond donors (Lipinski definition) is 1. The molecule has 1 amide bonds. The molecular formula is C18H24ClNO3. The zero-order chi connectivity index (χ0) is 16.9. The topological polar surface area (TPSA) is 55.4 Å². The molecule has 1 aromatic carbocycles. The van der Waals surface area contributed by atoms with Gasteiger partial charge in [-0.2, -0.15) is 0 Å². The van der Waals surface area contributed by atoms with E-state index in [0.717, 1.165) is 36.8 Å². The van der Waals surface area contributed by atoms with Gasteiger partial charge in [-0.1, -0.05) is 49.4 Å². The second-order valence-corrected chi connectivity index (χ2v) is 6.71. The summed E-state index contributed by atoms with van der Waals surface area (Å²) in [5.41, 5.74) is 0.928. The van der Waals surface area contributed by atoms with Gasteiger partial charge in [-0.3, -0.25) is 4.79 Å². The minimum absolute atomic E-state index is 0.165. The lowest BCUT2D eigenvalue weighted by Crippen LogP contribution is -2.55. The molecule has 0 radical (unpaired) electrons. The van der Waals surface area contributed by atoms with Gasteiger partial charge in [0.05, 0.1) is 13.5 Å². The van der Waals surface area contributed by atoms with Crippen LogP contribution in [-0.4, -0.2) is 24.5 Å². The molecule has 4 nitrogen and oxygen atoms in total. The fourth-order valence-electron chi connectivity index (χ4n) is 3.19. The van der Waals surface area contributed by atoms with Crippen LogP contribution in [0.2, 0.25) is 5.02 Å². The quantitative estimate of drug-likeness (QED) is 0.675. The van der Waals surface area contributed by atoms with Gasteiger partial charge < -0.3 is 10.1 Å². The Bertz CT molecular complexity index is 578. The maximum absolute atomic E-state index is 12.5. The third-order valence-electron chi connectivity index (χ3n) is 4.47. The van der Waals surface area contributed by atoms with E-state index in [1.54, 1.807) is 0 Å². The lowest BCUT2D eigenvalue weighted by molar-refractivity contribution is -0.151. The van der Waals surface area contributed by atoms with E-state index in [9.17, 15) is 9.59 Å². The summed E-state index contributed by atoms with van der Waals surface area (Å²) < 4.78 is 4.96. The van der Waals surface area contributed by atoms with Crippen LogP contribution in [0.25, 0.3) is 0 Å². The fourth-order valence-corrected chi connectivity index (χ4v) is 3.49. The molecule has 0 aliphatic heterocycles. The van der Waals surface area contributed by atoms with E-state index in [4.69, 9.17) is 16.3 Å². The first-order chi connectivity index (χ1) is 11.0. The third kappa shape index (κ3) is 4.47. The van der Waals surface area contributed by atoms with Gasteiger partial charge in [-0.25, -0.2) is 4.79 Å². The van der Waals surface area contributed by atoms with Crippen LogP contribution < -0.4 is 5.32 Å². The second-order valence-electron chi connectivity index (χ2n) is 6.31. The van der Waals surface area contributed by atoms with Gasteiger partial charge in [0.25, 0.3) is 0 Å². The predicted octanol–water partition coefficient (Wildman–Crippen LogP) is 3.57. The lowest BCUT2D eigenvalue weighted by Gasteiger charge is -2.31. The number of hydrogen-bond acceptors (Lipinski definition) is 3. The van der Waals surface area contributed by atoms with Crippen molar-refractivity contribution in [1.29, 1.82) is 0 Å². The molecule has 1 aliphatic carbocycles. The van der Waals surface area contributed by atoms with E-state index >= 15 is 0 Å². The normalized spacial score (nSPS) is 17.2. The van der Waals surface area contributed by atoms with Crippen LogP contribution in [0.3, 0.4) is 0 Å². The maximum atomic E-state index is 12.5. The largest absolute Gasteiger partial charge is 0.467 e. The SMILES string of the molecule is COC(=O)C1(NC(=O)Cc2ccc(C)cc2Cl)CCCCCC1. The molecule has 1 N–H and O–H groups in total. The summed E-state index contributed by atoms with van der Waals surface area (Å²) >= 11 is 6.20. The summed E-state index contributed by atoms with van der Waals surface area (Å²) in [6.07, 6.45) is 5.43. The highest BCUT2D eigenvalue weighted by molar-refractivity contribution is 6.31. The minimum Gasteiger partial charge on any atom is -0.467 e. The molecule has 0 bridgehead atoms. The smallest absolute Gasteiger partial charge is 0.331 e. The van der Waals surface area contributed by atoms with Crippen molar-refractivity contribution in [3.05, 3.63) is 34.3 Å². The summed E-state index contributed by atoms with van der Waals surface area (Å²) in [6.45, 7) is 1.95. The van der Waals surface area contributed by atoms with Crippen molar-refractivity contribution >= 4 is 23.5 Å². The summed E-state index contributed by atoms with van der Waals surface area (Å²) in [5, 5.41) is 3.52. The number of nitrogens with one attached hydrogen (secondary N) is 1. The van der Waals surface area contributed by atoms with Gasteiger partial charge in [0.15, 0.2) is 0 Å². The molecule has 0 unspecified atom stereocenters. The Morgan fingerprint density at radius 2 is 1.87 bits per heavy atom. The predicted molar refractivity (Wildman–Crippen MR) is 90.5 cm³/mol. The van der Waals surface area contributed by atoms with Crippen LogP contribution in [0.5, 0.6) is 0 Å². The number of ether oxygens (including phenoxy) is 1. The second kappa shape index (κ2) is 7.82. The molecule has 5 heteroatoms. The summed E-state index contributed by atoms with van der Waals surface area (Å²) in [7, 11) is 1.37. The van der Waals surface area contributed by atoms with Crippen molar-refractivity contribution in [1.82, 2.24) is 5.32 Å². The first-order valence-corrected chi connectivity index (χ1v) is 8.49. The van der Waals surface area contributed by atoms with Gasteiger partial charge in [-0.15, -0.1) is 0 Å². The Morgan fingerprint density at radius 3 is 2.43 bits per heavy atom. The number of carbonyl (C=O) groups is 2. The monoisotopic (exact) mass is 337 g/mol. The van der Waals surface area contributed by atoms with Crippen LogP contribution in [-0.2, 0) is 20.7 Å². The Hall–Kier alpha value is -1.55. The van der Waals surface area contributed by atoms with E-state index < -0.39 is 5.54 Å². The van der Waals surface area contributed by atoms with Gasteiger partial charge in [0.2, 0.25) is 5.91 Å². The van der Waals surface area contributed by atoms with E-state index in [2.05, 4.69) is 5.32 Å². The zero-order valence-corrected chi connectivity index (χ0v) is 14.5. The minimum atomic E-state index is -0.889. The Morgan fingerprint density at radius 1 is 1.22 bits per heavy atom. The molecular weight excluding hydrogens is 314 g/mol. The van der Waals surface area contributed by atoms with E-state index in [0.29, 0.717) is 17.9 Å². The van der Waals surface area contributed by atoms with Crippen LogP contribution in [0.15, 0.2) is 18.2 Å². The molecule has 2 rings (SSSR count). The number of carbonyl (C=O) groups excluding carboxylic acids is 2. The van der Waals surface area contributed by atoms with Crippen LogP contribution in [0, 0.1) is 6.92 Å². The van der Waals surface area contributed by atoms with E-state index in [-0.39, 0.29) is 18.3 Å². The van der Waals surface area contributed by atoms with Crippen molar-refractivity contribution < 1.29 is 14.3 Å². The number of halogens is 1. The van der Waals surface area contributed by atoms with Crippen molar-refractivity contribution in [2.75, 3.05) is 7.11 Å². The first kappa shape index (κ1) is 17.8. The van der Waals surface area contributed by atoms with Gasteiger partial charge in [-0.05, 0) is 37.0 Å². The molecule has 1 aliphatic rings. The molecule has 0 saturated heterocycles.